The fourth-order valence-corrected chi connectivity index (χ4v) is 4.46. The van der Waals surface area contributed by atoms with Crippen molar-refractivity contribution < 1.29 is 22.7 Å². The Bertz CT molecular complexity index is 1610. The summed E-state index contributed by atoms with van der Waals surface area (Å²) in [5.41, 5.74) is 8.91. The van der Waals surface area contributed by atoms with E-state index in [-0.39, 0.29) is 15.5 Å². The highest BCUT2D eigenvalue weighted by Crippen LogP contribution is 2.26. The second-order valence-electron chi connectivity index (χ2n) is 7.77. The quantitative estimate of drug-likeness (QED) is 0.301. The molecule has 12 heteroatoms. The number of pyridine rings is 1. The van der Waals surface area contributed by atoms with E-state index in [2.05, 4.69) is 15.6 Å². The normalized spacial score (nSPS) is 11.2. The lowest BCUT2D eigenvalue weighted by Gasteiger charge is -2.10. The molecule has 0 fully saturated rings. The molecule has 0 aliphatic rings. The average molecular weight is 526 g/mol. The average Bonchev–Trinajstić information content (AvgIpc) is 2.80. The van der Waals surface area contributed by atoms with Gasteiger partial charge in [-0.3, -0.25) is 15.1 Å². The van der Waals surface area contributed by atoms with Crippen molar-refractivity contribution in [1.29, 1.82) is 0 Å². The van der Waals surface area contributed by atoms with E-state index in [0.29, 0.717) is 33.7 Å². The summed E-state index contributed by atoms with van der Waals surface area (Å²) in [6.45, 7) is 1.84. The molecular formula is C24H20ClN5O5S. The molecule has 4 rings (SSSR count). The molecule has 0 aliphatic heterocycles. The lowest BCUT2D eigenvalue weighted by molar-refractivity contribution is 0.102. The largest absolute Gasteiger partial charge is 0.417 e. The number of hydrogen-bond acceptors (Lipinski definition) is 7. The van der Waals surface area contributed by atoms with Gasteiger partial charge in [-0.15, -0.1) is 0 Å². The van der Waals surface area contributed by atoms with E-state index in [1.807, 2.05) is 6.92 Å². The summed E-state index contributed by atoms with van der Waals surface area (Å²) >= 11 is 5.85. The molecule has 0 radical (unpaired) electrons. The second-order valence-corrected chi connectivity index (χ2v) is 9.71. The Kier molecular flexibility index (Phi) is 6.80. The Morgan fingerprint density at radius 2 is 1.61 bits per heavy atom. The molecule has 4 aromatic rings. The molecule has 0 bridgehead atoms. The first-order valence-corrected chi connectivity index (χ1v) is 12.3. The van der Waals surface area contributed by atoms with E-state index in [1.165, 1.54) is 12.1 Å². The van der Waals surface area contributed by atoms with Gasteiger partial charge >= 0.3 is 6.09 Å². The third-order valence-corrected chi connectivity index (χ3v) is 6.43. The minimum atomic E-state index is -4.09. The van der Waals surface area contributed by atoms with Crippen molar-refractivity contribution >= 4 is 61.6 Å². The van der Waals surface area contributed by atoms with Crippen molar-refractivity contribution in [3.05, 3.63) is 83.0 Å². The highest BCUT2D eigenvalue weighted by molar-refractivity contribution is 7.89. The molecule has 0 saturated heterocycles. The van der Waals surface area contributed by atoms with Gasteiger partial charge in [0.1, 0.15) is 10.6 Å². The molecule has 36 heavy (non-hydrogen) atoms. The van der Waals surface area contributed by atoms with Gasteiger partial charge in [-0.1, -0.05) is 11.6 Å². The number of carbonyl (C=O) groups is 2. The van der Waals surface area contributed by atoms with Crippen molar-refractivity contribution in [2.24, 2.45) is 5.14 Å². The molecule has 0 atom stereocenters. The number of benzene rings is 3. The van der Waals surface area contributed by atoms with Gasteiger partial charge in [0.25, 0.3) is 5.91 Å². The van der Waals surface area contributed by atoms with Crippen LogP contribution < -0.4 is 26.2 Å². The van der Waals surface area contributed by atoms with E-state index >= 15 is 0 Å². The molecule has 6 N–H and O–H groups in total. The molecular weight excluding hydrogens is 506 g/mol. The number of ether oxygens (including phenoxy) is 1. The standard InChI is InChI=1S/C24H20ClN5O5S/c1-13-10-20(26)18-12-17(7-9-21(18)28-13)35-24(32)30-16-5-3-15(4-6-16)29-23(31)14-2-8-19(25)22(11-14)36(27,33)34/h2-12H,1H3,(H2,26,28)(H,29,31)(H,30,32)(H2,27,33,34). The predicted molar refractivity (Wildman–Crippen MR) is 138 cm³/mol. The summed E-state index contributed by atoms with van der Waals surface area (Å²) < 4.78 is 28.6. The number of amides is 2. The number of rotatable bonds is 5. The van der Waals surface area contributed by atoms with Gasteiger partial charge in [-0.2, -0.15) is 0 Å². The van der Waals surface area contributed by atoms with Crippen LogP contribution in [-0.4, -0.2) is 25.4 Å². The van der Waals surface area contributed by atoms with Gasteiger partial charge in [0.05, 0.1) is 10.5 Å². The summed E-state index contributed by atoms with van der Waals surface area (Å²) in [7, 11) is -4.09. The second kappa shape index (κ2) is 9.82. The van der Waals surface area contributed by atoms with Crippen LogP contribution >= 0.6 is 11.6 Å². The van der Waals surface area contributed by atoms with Crippen molar-refractivity contribution in [1.82, 2.24) is 4.98 Å². The summed E-state index contributed by atoms with van der Waals surface area (Å²) in [6, 6.07) is 16.6. The highest BCUT2D eigenvalue weighted by atomic mass is 35.5. The van der Waals surface area contributed by atoms with Gasteiger partial charge < -0.3 is 15.8 Å². The summed E-state index contributed by atoms with van der Waals surface area (Å²) in [6.07, 6.45) is -0.721. The lowest BCUT2D eigenvalue weighted by Crippen LogP contribution is -2.17. The van der Waals surface area contributed by atoms with E-state index in [4.69, 9.17) is 27.2 Å². The summed E-state index contributed by atoms with van der Waals surface area (Å²) in [4.78, 5) is 28.9. The SMILES string of the molecule is Cc1cc(N)c2cc(OC(=O)Nc3ccc(NC(=O)c4ccc(Cl)c(S(N)(=O)=O)c4)cc3)ccc2n1. The number of aryl methyl sites for hydroxylation is 1. The molecule has 0 unspecified atom stereocenters. The van der Waals surface area contributed by atoms with Crippen LogP contribution in [-0.2, 0) is 10.0 Å². The molecule has 3 aromatic carbocycles. The van der Waals surface area contributed by atoms with E-state index in [1.54, 1.807) is 48.5 Å². The minimum Gasteiger partial charge on any atom is -0.410 e. The molecule has 0 spiro atoms. The Morgan fingerprint density at radius 3 is 2.28 bits per heavy atom. The van der Waals surface area contributed by atoms with Crippen molar-refractivity contribution in [3.63, 3.8) is 0 Å². The van der Waals surface area contributed by atoms with E-state index < -0.39 is 22.0 Å². The topological polar surface area (TPSA) is 166 Å². The maximum Gasteiger partial charge on any atom is 0.417 e. The van der Waals surface area contributed by atoms with Gasteiger partial charge in [-0.25, -0.2) is 18.4 Å². The number of anilines is 3. The Hall–Kier alpha value is -4.19. The third-order valence-electron chi connectivity index (χ3n) is 5.04. The number of nitrogen functional groups attached to an aromatic ring is 1. The van der Waals surface area contributed by atoms with Crippen molar-refractivity contribution in [3.8, 4) is 5.75 Å². The van der Waals surface area contributed by atoms with Gasteiger partial charge in [0, 0.05) is 33.7 Å². The lowest BCUT2D eigenvalue weighted by atomic mass is 10.1. The number of nitrogens with one attached hydrogen (secondary N) is 2. The number of aromatic nitrogens is 1. The van der Waals surface area contributed by atoms with E-state index in [9.17, 15) is 18.0 Å². The predicted octanol–water partition coefficient (Wildman–Crippen LogP) is 4.29. The Morgan fingerprint density at radius 1 is 0.944 bits per heavy atom. The Labute approximate surface area is 211 Å². The zero-order chi connectivity index (χ0) is 26.0. The summed E-state index contributed by atoms with van der Waals surface area (Å²) in [5.74, 6) is -0.278. The fraction of sp³-hybridized carbons (Fsp3) is 0.0417. The van der Waals surface area contributed by atoms with Gasteiger partial charge in [-0.05, 0) is 73.7 Å². The number of sulfonamides is 1. The van der Waals surface area contributed by atoms with Crippen LogP contribution in [0.5, 0.6) is 5.75 Å². The van der Waals surface area contributed by atoms with Crippen LogP contribution in [0.15, 0.2) is 71.6 Å². The number of hydrogen-bond donors (Lipinski definition) is 4. The van der Waals surface area contributed by atoms with Gasteiger partial charge in [0.15, 0.2) is 0 Å². The number of fused-ring (bicyclic) bond motifs is 1. The number of primary sulfonamides is 1. The molecule has 1 aromatic heterocycles. The van der Waals surface area contributed by atoms with Crippen LogP contribution in [0.2, 0.25) is 5.02 Å². The first-order valence-electron chi connectivity index (χ1n) is 10.4. The molecule has 2 amide bonds. The first kappa shape index (κ1) is 24.9. The van der Waals surface area contributed by atoms with Crippen LogP contribution in [0.1, 0.15) is 16.1 Å². The number of halogens is 1. The van der Waals surface area contributed by atoms with Crippen LogP contribution in [0.25, 0.3) is 10.9 Å². The monoisotopic (exact) mass is 525 g/mol. The van der Waals surface area contributed by atoms with Gasteiger partial charge in [0.2, 0.25) is 10.0 Å². The summed E-state index contributed by atoms with van der Waals surface area (Å²) in [5, 5.41) is 10.9. The fourth-order valence-electron chi connectivity index (χ4n) is 3.39. The molecule has 0 saturated carbocycles. The third kappa shape index (κ3) is 5.71. The number of nitrogens with zero attached hydrogens (tertiary/aromatic N) is 1. The van der Waals surface area contributed by atoms with Crippen molar-refractivity contribution in [2.45, 2.75) is 11.8 Å². The zero-order valence-electron chi connectivity index (χ0n) is 18.8. The minimum absolute atomic E-state index is 0.0515. The number of carbonyl (C=O) groups excluding carboxylic acids is 2. The molecule has 10 nitrogen and oxygen atoms in total. The maximum atomic E-state index is 12.5. The van der Waals surface area contributed by atoms with E-state index in [0.717, 1.165) is 11.8 Å². The van der Waals surface area contributed by atoms with Crippen LogP contribution in [0, 0.1) is 6.92 Å². The van der Waals surface area contributed by atoms with Crippen LogP contribution in [0.3, 0.4) is 0 Å². The maximum absolute atomic E-state index is 12.5. The molecule has 184 valence electrons. The molecule has 1 heterocycles. The molecule has 0 aliphatic carbocycles. The first-order chi connectivity index (χ1) is 17.0. The smallest absolute Gasteiger partial charge is 0.410 e. The number of nitrogens with two attached hydrogens (primary N) is 2. The Balaban J connectivity index is 1.40. The highest BCUT2D eigenvalue weighted by Gasteiger charge is 2.17. The van der Waals surface area contributed by atoms with Crippen molar-refractivity contribution in [2.75, 3.05) is 16.4 Å². The van der Waals surface area contributed by atoms with Crippen LogP contribution in [0.4, 0.5) is 21.9 Å². The zero-order valence-corrected chi connectivity index (χ0v) is 20.4.